The van der Waals surface area contributed by atoms with Crippen LogP contribution in [0.15, 0.2) is 6.20 Å². The molecule has 2 rings (SSSR count). The maximum Gasteiger partial charge on any atom is 0.189 e. The highest BCUT2D eigenvalue weighted by atomic mass is 32.1. The molecule has 0 N–H and O–H groups in total. The third kappa shape index (κ3) is 0.636. The fraction of sp³-hybridized carbons (Fsp3) is 0. The van der Waals surface area contributed by atoms with Crippen LogP contribution in [0.3, 0.4) is 0 Å². The predicted molar refractivity (Wildman–Crippen MR) is 29.9 cm³/mol. The molecular weight excluding hydrogens is 138 g/mol. The van der Waals surface area contributed by atoms with E-state index in [4.69, 9.17) is 0 Å². The average Bonchev–Trinajstić information content (AvgIpc) is 2.33. The molecule has 0 amide bonds. The van der Waals surface area contributed by atoms with Gasteiger partial charge in [-0.25, -0.2) is 0 Å². The summed E-state index contributed by atoms with van der Waals surface area (Å²) in [5.41, 5.74) is 0.704. The molecule has 0 aromatic carbocycles. The molecule has 0 unspecified atom stereocenters. The average molecular weight is 139 g/mol. The number of hydrogen-bond donors (Lipinski definition) is 0. The molecule has 0 fully saturated rings. The molecule has 9 heavy (non-hydrogen) atoms. The largest absolute Gasteiger partial charge is 0.189 e. The molecule has 0 aromatic rings. The molecule has 2 aliphatic heterocycles. The summed E-state index contributed by atoms with van der Waals surface area (Å²) >= 11 is 1.19. The molecular formula is C3HN5S. The van der Waals surface area contributed by atoms with E-state index in [1.165, 1.54) is 17.7 Å². The normalized spacial score (nSPS) is 10.2. The maximum absolute atomic E-state index is 3.67. The molecule has 0 aromatic heterocycles. The van der Waals surface area contributed by atoms with Crippen LogP contribution in [0.5, 0.6) is 0 Å². The highest BCUT2D eigenvalue weighted by Gasteiger charge is 2.05. The zero-order valence-corrected chi connectivity index (χ0v) is 5.04. The Labute approximate surface area is 54.3 Å². The van der Waals surface area contributed by atoms with Gasteiger partial charge in [0.1, 0.15) is 5.69 Å². The van der Waals surface area contributed by atoms with Crippen LogP contribution in [-0.4, -0.2) is 25.0 Å². The Morgan fingerprint density at radius 2 is 2.33 bits per heavy atom. The Kier molecular flexibility index (Phi) is 0.863. The van der Waals surface area contributed by atoms with Gasteiger partial charge in [0.15, 0.2) is 5.01 Å². The van der Waals surface area contributed by atoms with Crippen molar-refractivity contribution in [1.29, 1.82) is 0 Å². The van der Waals surface area contributed by atoms with E-state index in [2.05, 4.69) is 25.0 Å². The van der Waals surface area contributed by atoms with Crippen LogP contribution in [-0.2, 0) is 0 Å². The van der Waals surface area contributed by atoms with Crippen LogP contribution in [0.25, 0.3) is 10.7 Å². The van der Waals surface area contributed by atoms with E-state index in [1.807, 2.05) is 0 Å². The third-order valence-electron chi connectivity index (χ3n) is 0.862. The zero-order chi connectivity index (χ0) is 6.10. The smallest absolute Gasteiger partial charge is 0.145 e. The maximum atomic E-state index is 3.67. The Bertz CT molecular complexity index is 252. The van der Waals surface area contributed by atoms with E-state index in [0.29, 0.717) is 5.69 Å². The van der Waals surface area contributed by atoms with E-state index in [0.717, 1.165) is 5.01 Å². The summed E-state index contributed by atoms with van der Waals surface area (Å²) in [6.07, 6.45) is 1.53. The number of nitrogens with zero attached hydrogens (tertiary/aromatic N) is 5. The summed E-state index contributed by atoms with van der Waals surface area (Å²) in [6.45, 7) is 0. The van der Waals surface area contributed by atoms with Gasteiger partial charge in [-0.2, -0.15) is 0 Å². The fourth-order valence-corrected chi connectivity index (χ4v) is 0.923. The molecule has 2 heterocycles. The van der Waals surface area contributed by atoms with E-state index in [-0.39, 0.29) is 0 Å². The first-order valence-electron chi connectivity index (χ1n) is 2.23. The van der Waals surface area contributed by atoms with Crippen LogP contribution < -0.4 is 0 Å². The minimum absolute atomic E-state index is 0.704. The van der Waals surface area contributed by atoms with Gasteiger partial charge in [-0.05, 0) is 5.21 Å². The lowest BCUT2D eigenvalue weighted by Gasteiger charge is -1.82. The van der Waals surface area contributed by atoms with Crippen molar-refractivity contribution in [2.75, 3.05) is 0 Å². The number of hydrogen-bond acceptors (Lipinski definition) is 6. The van der Waals surface area contributed by atoms with Gasteiger partial charge in [-0.1, -0.05) is 4.49 Å². The van der Waals surface area contributed by atoms with Crippen LogP contribution >= 0.6 is 11.5 Å². The standard InChI is InChI=1S/C3HN5S/c1-2-3(6-7-5-2)9-8-4-1/h1H. The van der Waals surface area contributed by atoms with Gasteiger partial charge in [-0.3, -0.25) is 0 Å². The molecule has 6 heteroatoms. The summed E-state index contributed by atoms with van der Waals surface area (Å²) < 4.78 is 3.63. The van der Waals surface area contributed by atoms with Gasteiger partial charge >= 0.3 is 0 Å². The first kappa shape index (κ1) is 4.68. The number of aromatic nitrogens is 5. The van der Waals surface area contributed by atoms with Crippen LogP contribution in [0.1, 0.15) is 0 Å². The Balaban J connectivity index is 2.79. The minimum Gasteiger partial charge on any atom is -0.145 e. The van der Waals surface area contributed by atoms with E-state index < -0.39 is 0 Å². The second-order valence-electron chi connectivity index (χ2n) is 1.40. The molecule has 0 spiro atoms. The summed E-state index contributed by atoms with van der Waals surface area (Å²) in [5.74, 6) is 0. The van der Waals surface area contributed by atoms with Crippen molar-refractivity contribution in [3.05, 3.63) is 6.20 Å². The van der Waals surface area contributed by atoms with Crippen molar-refractivity contribution >= 4 is 11.5 Å². The molecule has 0 atom stereocenters. The van der Waals surface area contributed by atoms with Crippen LogP contribution in [0.4, 0.5) is 0 Å². The lowest BCUT2D eigenvalue weighted by molar-refractivity contribution is 0.954. The van der Waals surface area contributed by atoms with Crippen molar-refractivity contribution in [2.24, 2.45) is 0 Å². The SMILES string of the molecule is c1nnsc2nnnc1-2. The monoisotopic (exact) mass is 139 g/mol. The molecule has 0 aliphatic carbocycles. The predicted octanol–water partition coefficient (Wildman–Crippen LogP) is -0.172. The molecule has 0 bridgehead atoms. The van der Waals surface area contributed by atoms with Crippen LogP contribution in [0.2, 0.25) is 0 Å². The molecule has 0 radical (unpaired) electrons. The van der Waals surface area contributed by atoms with Crippen molar-refractivity contribution in [3.8, 4) is 10.7 Å². The first-order chi connectivity index (χ1) is 4.47. The topological polar surface area (TPSA) is 64.5 Å². The lowest BCUT2D eigenvalue weighted by Crippen LogP contribution is -1.78. The second-order valence-corrected chi connectivity index (χ2v) is 2.13. The first-order valence-corrected chi connectivity index (χ1v) is 3.00. The van der Waals surface area contributed by atoms with Crippen LogP contribution in [0, 0.1) is 0 Å². The lowest BCUT2D eigenvalue weighted by atomic mass is 10.5. The summed E-state index contributed by atoms with van der Waals surface area (Å²) in [7, 11) is 0. The highest BCUT2D eigenvalue weighted by molar-refractivity contribution is 7.08. The van der Waals surface area contributed by atoms with Gasteiger partial charge < -0.3 is 0 Å². The van der Waals surface area contributed by atoms with Gasteiger partial charge in [0.25, 0.3) is 0 Å². The zero-order valence-electron chi connectivity index (χ0n) is 4.22. The minimum atomic E-state index is 0.704. The molecule has 0 saturated heterocycles. The molecule has 5 nitrogen and oxygen atoms in total. The molecule has 44 valence electrons. The Morgan fingerprint density at radius 1 is 1.33 bits per heavy atom. The van der Waals surface area contributed by atoms with Crippen molar-refractivity contribution in [1.82, 2.24) is 25.0 Å². The number of fused-ring (bicyclic) bond motifs is 1. The third-order valence-corrected chi connectivity index (χ3v) is 1.50. The summed E-state index contributed by atoms with van der Waals surface area (Å²) in [6, 6.07) is 0. The summed E-state index contributed by atoms with van der Waals surface area (Å²) in [4.78, 5) is 0. The Morgan fingerprint density at radius 3 is 3.22 bits per heavy atom. The molecule has 2 aliphatic rings. The Hall–Kier alpha value is -1.17. The van der Waals surface area contributed by atoms with E-state index in [1.54, 1.807) is 0 Å². The van der Waals surface area contributed by atoms with E-state index in [9.17, 15) is 0 Å². The fourth-order valence-electron chi connectivity index (χ4n) is 0.492. The van der Waals surface area contributed by atoms with Gasteiger partial charge in [0.2, 0.25) is 0 Å². The quantitative estimate of drug-likeness (QED) is 0.507. The molecule has 0 saturated carbocycles. The van der Waals surface area contributed by atoms with Crippen molar-refractivity contribution in [2.45, 2.75) is 0 Å². The van der Waals surface area contributed by atoms with Gasteiger partial charge in [-0.15, -0.1) is 15.3 Å². The van der Waals surface area contributed by atoms with Crippen molar-refractivity contribution < 1.29 is 0 Å². The second kappa shape index (κ2) is 1.66. The van der Waals surface area contributed by atoms with Gasteiger partial charge in [0.05, 0.1) is 6.20 Å². The summed E-state index contributed by atoms with van der Waals surface area (Å²) in [5, 5.41) is 15.1. The highest BCUT2D eigenvalue weighted by Crippen LogP contribution is 2.14. The number of rotatable bonds is 0. The van der Waals surface area contributed by atoms with Gasteiger partial charge in [0, 0.05) is 11.5 Å². The van der Waals surface area contributed by atoms with Crippen molar-refractivity contribution in [3.63, 3.8) is 0 Å². The van der Waals surface area contributed by atoms with E-state index >= 15 is 0 Å².